The van der Waals surface area contributed by atoms with Crippen molar-refractivity contribution in [1.82, 2.24) is 24.9 Å². The number of amides is 1. The molecular formula is C17H17ClN6OS. The number of hydrogen-bond acceptors (Lipinski definition) is 6. The Hall–Kier alpha value is -2.45. The summed E-state index contributed by atoms with van der Waals surface area (Å²) in [6.07, 6.45) is 1.70. The molecule has 26 heavy (non-hydrogen) atoms. The minimum Gasteiger partial charge on any atom is -0.367 e. The quantitative estimate of drug-likeness (QED) is 0.690. The maximum Gasteiger partial charge on any atom is 0.276 e. The average Bonchev–Trinajstić information content (AvgIpc) is 3.31. The molecule has 0 aliphatic carbocycles. The summed E-state index contributed by atoms with van der Waals surface area (Å²) < 4.78 is 1.61. The summed E-state index contributed by atoms with van der Waals surface area (Å²) in [5.41, 5.74) is 2.09. The maximum absolute atomic E-state index is 12.9. The zero-order valence-corrected chi connectivity index (χ0v) is 15.7. The molecule has 1 amide bonds. The third-order valence-electron chi connectivity index (χ3n) is 4.46. The molecule has 134 valence electrons. The van der Waals surface area contributed by atoms with Crippen molar-refractivity contribution in [3.05, 3.63) is 52.3 Å². The minimum absolute atomic E-state index is 0.0934. The lowest BCUT2D eigenvalue weighted by Crippen LogP contribution is -2.49. The van der Waals surface area contributed by atoms with Crippen LogP contribution in [0.15, 0.2) is 35.8 Å². The molecule has 0 N–H and O–H groups in total. The maximum atomic E-state index is 12.9. The Bertz CT molecular complexity index is 917. The lowest BCUT2D eigenvalue weighted by molar-refractivity contribution is 0.0740. The standard InChI is InChI=1S/C17H17ClN6OS/c1-12-15(20-21-24(12)17-19-6-11-26-17)16(25)23-9-7-22(8-10-23)14-5-3-2-4-13(14)18/h2-6,11H,7-10H2,1H3. The summed E-state index contributed by atoms with van der Waals surface area (Å²) in [5, 5.41) is 11.5. The van der Waals surface area contributed by atoms with Gasteiger partial charge in [-0.15, -0.1) is 16.4 Å². The first-order chi connectivity index (χ1) is 12.6. The summed E-state index contributed by atoms with van der Waals surface area (Å²) in [6, 6.07) is 7.78. The highest BCUT2D eigenvalue weighted by atomic mass is 35.5. The minimum atomic E-state index is -0.0934. The van der Waals surface area contributed by atoms with E-state index in [0.717, 1.165) is 23.8 Å². The second kappa shape index (κ2) is 7.05. The highest BCUT2D eigenvalue weighted by Gasteiger charge is 2.27. The Morgan fingerprint density at radius 2 is 1.96 bits per heavy atom. The molecule has 0 unspecified atom stereocenters. The van der Waals surface area contributed by atoms with E-state index in [1.165, 1.54) is 11.3 Å². The molecule has 1 aliphatic rings. The van der Waals surface area contributed by atoms with Gasteiger partial charge in [0.2, 0.25) is 5.13 Å². The van der Waals surface area contributed by atoms with Crippen molar-refractivity contribution >= 4 is 34.5 Å². The van der Waals surface area contributed by atoms with E-state index >= 15 is 0 Å². The molecule has 2 aromatic heterocycles. The third-order valence-corrected chi connectivity index (χ3v) is 5.52. The van der Waals surface area contributed by atoms with Gasteiger partial charge in [0.05, 0.1) is 16.4 Å². The van der Waals surface area contributed by atoms with E-state index in [4.69, 9.17) is 11.6 Å². The van der Waals surface area contributed by atoms with Crippen molar-refractivity contribution in [2.45, 2.75) is 6.92 Å². The van der Waals surface area contributed by atoms with Gasteiger partial charge in [-0.3, -0.25) is 4.79 Å². The zero-order valence-electron chi connectivity index (χ0n) is 14.2. The topological polar surface area (TPSA) is 67.2 Å². The molecular weight excluding hydrogens is 372 g/mol. The summed E-state index contributed by atoms with van der Waals surface area (Å²) in [7, 11) is 0. The molecule has 3 aromatic rings. The summed E-state index contributed by atoms with van der Waals surface area (Å²) >= 11 is 7.73. The van der Waals surface area contributed by atoms with E-state index in [-0.39, 0.29) is 5.91 Å². The lowest BCUT2D eigenvalue weighted by Gasteiger charge is -2.36. The molecule has 9 heteroatoms. The van der Waals surface area contributed by atoms with Crippen molar-refractivity contribution in [3.8, 4) is 5.13 Å². The fourth-order valence-electron chi connectivity index (χ4n) is 3.04. The number of halogens is 1. The van der Waals surface area contributed by atoms with Crippen LogP contribution in [0.1, 0.15) is 16.2 Å². The number of anilines is 1. The molecule has 0 saturated carbocycles. The van der Waals surface area contributed by atoms with Crippen LogP contribution in [0.4, 0.5) is 5.69 Å². The van der Waals surface area contributed by atoms with Gasteiger partial charge in [0.1, 0.15) is 0 Å². The van der Waals surface area contributed by atoms with Crippen LogP contribution in [-0.2, 0) is 0 Å². The Balaban J connectivity index is 1.47. The molecule has 4 rings (SSSR count). The number of hydrogen-bond donors (Lipinski definition) is 0. The average molecular weight is 389 g/mol. The van der Waals surface area contributed by atoms with Crippen molar-refractivity contribution < 1.29 is 4.79 Å². The van der Waals surface area contributed by atoms with Crippen LogP contribution in [0, 0.1) is 6.92 Å². The highest BCUT2D eigenvalue weighted by molar-refractivity contribution is 7.12. The predicted octanol–water partition coefficient (Wildman–Crippen LogP) is 2.65. The molecule has 1 saturated heterocycles. The van der Waals surface area contributed by atoms with Gasteiger partial charge in [0.25, 0.3) is 5.91 Å². The second-order valence-corrected chi connectivity index (χ2v) is 7.26. The molecule has 0 atom stereocenters. The van der Waals surface area contributed by atoms with E-state index in [1.807, 2.05) is 41.5 Å². The predicted molar refractivity (Wildman–Crippen MR) is 101 cm³/mol. The Kier molecular flexibility index (Phi) is 4.60. The molecule has 0 spiro atoms. The van der Waals surface area contributed by atoms with Gasteiger partial charge in [-0.25, -0.2) is 4.98 Å². The van der Waals surface area contributed by atoms with Crippen molar-refractivity contribution in [1.29, 1.82) is 0 Å². The smallest absolute Gasteiger partial charge is 0.276 e. The highest BCUT2D eigenvalue weighted by Crippen LogP contribution is 2.26. The second-order valence-electron chi connectivity index (χ2n) is 5.98. The van der Waals surface area contributed by atoms with Crippen molar-refractivity contribution in [2.75, 3.05) is 31.1 Å². The summed E-state index contributed by atoms with van der Waals surface area (Å²) in [6.45, 7) is 4.54. The van der Waals surface area contributed by atoms with Crippen LogP contribution in [-0.4, -0.2) is 57.0 Å². The van der Waals surface area contributed by atoms with E-state index in [2.05, 4.69) is 20.2 Å². The van der Waals surface area contributed by atoms with Gasteiger partial charge < -0.3 is 9.80 Å². The molecule has 1 aliphatic heterocycles. The van der Waals surface area contributed by atoms with Gasteiger partial charge in [-0.1, -0.05) is 28.9 Å². The number of benzene rings is 1. The van der Waals surface area contributed by atoms with Crippen LogP contribution < -0.4 is 4.90 Å². The number of thiazole rings is 1. The lowest BCUT2D eigenvalue weighted by atomic mass is 10.2. The summed E-state index contributed by atoms with van der Waals surface area (Å²) in [4.78, 5) is 21.1. The number of para-hydroxylation sites is 1. The van der Waals surface area contributed by atoms with Gasteiger partial charge in [-0.05, 0) is 19.1 Å². The monoisotopic (exact) mass is 388 g/mol. The SMILES string of the molecule is Cc1c(C(=O)N2CCN(c3ccccc3Cl)CC2)nnn1-c1nccs1. The number of rotatable bonds is 3. The number of nitrogens with zero attached hydrogens (tertiary/aromatic N) is 6. The Morgan fingerprint density at radius 3 is 2.65 bits per heavy atom. The fraction of sp³-hybridized carbons (Fsp3) is 0.294. The molecule has 0 bridgehead atoms. The van der Waals surface area contributed by atoms with E-state index in [9.17, 15) is 4.79 Å². The number of aromatic nitrogens is 4. The normalized spacial score (nSPS) is 14.7. The molecule has 1 fully saturated rings. The Labute approximate surface area is 159 Å². The van der Waals surface area contributed by atoms with E-state index in [0.29, 0.717) is 29.6 Å². The van der Waals surface area contributed by atoms with Crippen molar-refractivity contribution in [3.63, 3.8) is 0 Å². The first-order valence-corrected chi connectivity index (χ1v) is 9.52. The first kappa shape index (κ1) is 17.0. The van der Waals surface area contributed by atoms with Crippen LogP contribution in [0.25, 0.3) is 5.13 Å². The number of carbonyl (C=O) groups is 1. The van der Waals surface area contributed by atoms with Crippen LogP contribution >= 0.6 is 22.9 Å². The van der Waals surface area contributed by atoms with Gasteiger partial charge in [0.15, 0.2) is 5.69 Å². The molecule has 1 aromatic carbocycles. The Morgan fingerprint density at radius 1 is 1.19 bits per heavy atom. The first-order valence-electron chi connectivity index (χ1n) is 8.26. The zero-order chi connectivity index (χ0) is 18.1. The third kappa shape index (κ3) is 3.06. The molecule has 3 heterocycles. The fourth-order valence-corrected chi connectivity index (χ4v) is 3.93. The number of piperazine rings is 1. The van der Waals surface area contributed by atoms with E-state index < -0.39 is 0 Å². The molecule has 0 radical (unpaired) electrons. The largest absolute Gasteiger partial charge is 0.367 e. The number of carbonyl (C=O) groups excluding carboxylic acids is 1. The molecule has 7 nitrogen and oxygen atoms in total. The van der Waals surface area contributed by atoms with Gasteiger partial charge in [0, 0.05) is 37.8 Å². The van der Waals surface area contributed by atoms with Crippen LogP contribution in [0.2, 0.25) is 5.02 Å². The van der Waals surface area contributed by atoms with Crippen molar-refractivity contribution in [2.24, 2.45) is 0 Å². The van der Waals surface area contributed by atoms with Gasteiger partial charge in [-0.2, -0.15) is 4.68 Å². The van der Waals surface area contributed by atoms with Gasteiger partial charge >= 0.3 is 0 Å². The van der Waals surface area contributed by atoms with Crippen LogP contribution in [0.3, 0.4) is 0 Å². The van der Waals surface area contributed by atoms with E-state index in [1.54, 1.807) is 10.9 Å². The van der Waals surface area contributed by atoms with Crippen LogP contribution in [0.5, 0.6) is 0 Å². The summed E-state index contributed by atoms with van der Waals surface area (Å²) in [5.74, 6) is -0.0934.